The number of benzene rings is 1. The number of rotatable bonds is 4. The quantitative estimate of drug-likeness (QED) is 0.792. The van der Waals surface area contributed by atoms with Gasteiger partial charge in [-0.3, -0.25) is 0 Å². The van der Waals surface area contributed by atoms with Gasteiger partial charge in [0.1, 0.15) is 0 Å². The Hall–Kier alpha value is -0.470. The molecule has 0 amide bonds. The first-order valence-electron chi connectivity index (χ1n) is 4.51. The fourth-order valence-corrected chi connectivity index (χ4v) is 2.15. The van der Waals surface area contributed by atoms with Crippen LogP contribution in [0.25, 0.3) is 0 Å². The third kappa shape index (κ3) is 2.75. The van der Waals surface area contributed by atoms with Crippen LogP contribution in [0.1, 0.15) is 17.2 Å². The van der Waals surface area contributed by atoms with Gasteiger partial charge in [0.05, 0.1) is 0 Å². The van der Waals surface area contributed by atoms with Gasteiger partial charge in [-0.2, -0.15) is 11.8 Å². The molecular formula is C11H17NS. The van der Waals surface area contributed by atoms with Gasteiger partial charge in [0.15, 0.2) is 0 Å². The van der Waals surface area contributed by atoms with Crippen LogP contribution in [0, 0.1) is 6.92 Å². The Labute approximate surface area is 84.9 Å². The number of hydrogen-bond donors (Lipinski definition) is 1. The van der Waals surface area contributed by atoms with Crippen molar-refractivity contribution >= 4 is 11.8 Å². The molecule has 0 aliphatic heterocycles. The highest BCUT2D eigenvalue weighted by Crippen LogP contribution is 2.19. The van der Waals surface area contributed by atoms with Gasteiger partial charge in [0.25, 0.3) is 0 Å². The topological polar surface area (TPSA) is 12.0 Å². The standard InChI is InChI=1S/C11H17NS/c1-9-6-4-5-7-10(9)11(12-2)8-13-3/h4-7,11-12H,8H2,1-3H3. The maximum absolute atomic E-state index is 3.34. The Morgan fingerprint density at radius 1 is 1.38 bits per heavy atom. The minimum Gasteiger partial charge on any atom is -0.312 e. The van der Waals surface area contributed by atoms with Crippen LogP contribution < -0.4 is 5.32 Å². The van der Waals surface area contributed by atoms with Gasteiger partial charge in [-0.1, -0.05) is 24.3 Å². The molecule has 0 saturated heterocycles. The van der Waals surface area contributed by atoms with Gasteiger partial charge >= 0.3 is 0 Å². The lowest BCUT2D eigenvalue weighted by atomic mass is 10.0. The van der Waals surface area contributed by atoms with E-state index in [9.17, 15) is 0 Å². The zero-order chi connectivity index (χ0) is 9.68. The fraction of sp³-hybridized carbons (Fsp3) is 0.455. The molecule has 0 saturated carbocycles. The van der Waals surface area contributed by atoms with E-state index >= 15 is 0 Å². The van der Waals surface area contributed by atoms with E-state index in [1.807, 2.05) is 18.8 Å². The van der Waals surface area contributed by atoms with E-state index in [2.05, 4.69) is 42.8 Å². The average Bonchev–Trinajstić information content (AvgIpc) is 2.16. The molecule has 0 radical (unpaired) electrons. The van der Waals surface area contributed by atoms with Crippen molar-refractivity contribution in [3.8, 4) is 0 Å². The molecule has 0 bridgehead atoms. The van der Waals surface area contributed by atoms with Crippen molar-refractivity contribution in [1.29, 1.82) is 0 Å². The molecule has 0 aliphatic rings. The highest BCUT2D eigenvalue weighted by molar-refractivity contribution is 7.98. The van der Waals surface area contributed by atoms with Crippen molar-refractivity contribution < 1.29 is 0 Å². The van der Waals surface area contributed by atoms with Crippen LogP contribution in [0.4, 0.5) is 0 Å². The predicted molar refractivity (Wildman–Crippen MR) is 61.4 cm³/mol. The van der Waals surface area contributed by atoms with Crippen LogP contribution in [0.15, 0.2) is 24.3 Å². The lowest BCUT2D eigenvalue weighted by molar-refractivity contribution is 0.658. The molecule has 13 heavy (non-hydrogen) atoms. The van der Waals surface area contributed by atoms with Crippen molar-refractivity contribution in [2.45, 2.75) is 13.0 Å². The summed E-state index contributed by atoms with van der Waals surface area (Å²) in [5, 5.41) is 3.34. The Balaban J connectivity index is 2.84. The molecule has 1 unspecified atom stereocenters. The zero-order valence-corrected chi connectivity index (χ0v) is 9.32. The summed E-state index contributed by atoms with van der Waals surface area (Å²) in [5.74, 6) is 1.13. The average molecular weight is 195 g/mol. The Bertz CT molecular complexity index is 260. The van der Waals surface area contributed by atoms with E-state index < -0.39 is 0 Å². The third-order valence-electron chi connectivity index (χ3n) is 2.25. The maximum atomic E-state index is 3.34. The summed E-state index contributed by atoms with van der Waals surface area (Å²) < 4.78 is 0. The number of thioether (sulfide) groups is 1. The lowest BCUT2D eigenvalue weighted by Gasteiger charge is -2.17. The Morgan fingerprint density at radius 2 is 2.08 bits per heavy atom. The monoisotopic (exact) mass is 195 g/mol. The van der Waals surface area contributed by atoms with E-state index in [0.29, 0.717) is 6.04 Å². The molecule has 0 aromatic heterocycles. The van der Waals surface area contributed by atoms with E-state index in [1.54, 1.807) is 0 Å². The van der Waals surface area contributed by atoms with Gasteiger partial charge in [-0.15, -0.1) is 0 Å². The lowest BCUT2D eigenvalue weighted by Crippen LogP contribution is -2.19. The summed E-state index contributed by atoms with van der Waals surface area (Å²) >= 11 is 1.88. The van der Waals surface area contributed by atoms with Crippen molar-refractivity contribution in [3.05, 3.63) is 35.4 Å². The van der Waals surface area contributed by atoms with E-state index in [0.717, 1.165) is 5.75 Å². The summed E-state index contributed by atoms with van der Waals surface area (Å²) in [4.78, 5) is 0. The van der Waals surface area contributed by atoms with Crippen LogP contribution in [0.2, 0.25) is 0 Å². The second-order valence-electron chi connectivity index (χ2n) is 3.15. The van der Waals surface area contributed by atoms with Crippen LogP contribution >= 0.6 is 11.8 Å². The summed E-state index contributed by atoms with van der Waals surface area (Å²) in [5.41, 5.74) is 2.79. The summed E-state index contributed by atoms with van der Waals surface area (Å²) in [6, 6.07) is 9.04. The van der Waals surface area contributed by atoms with Crippen LogP contribution in [-0.2, 0) is 0 Å². The zero-order valence-electron chi connectivity index (χ0n) is 8.50. The van der Waals surface area contributed by atoms with Gasteiger partial charge in [0, 0.05) is 11.8 Å². The Kier molecular flexibility index (Phi) is 4.33. The van der Waals surface area contributed by atoms with Gasteiger partial charge in [0.2, 0.25) is 0 Å². The van der Waals surface area contributed by atoms with E-state index in [-0.39, 0.29) is 0 Å². The molecule has 1 N–H and O–H groups in total. The van der Waals surface area contributed by atoms with Crippen molar-refractivity contribution in [2.75, 3.05) is 19.1 Å². The first-order valence-corrected chi connectivity index (χ1v) is 5.90. The molecule has 1 nitrogen and oxygen atoms in total. The normalized spacial score (nSPS) is 12.8. The first-order chi connectivity index (χ1) is 6.29. The van der Waals surface area contributed by atoms with Crippen LogP contribution in [0.5, 0.6) is 0 Å². The molecule has 1 atom stereocenters. The molecular weight excluding hydrogens is 178 g/mol. The predicted octanol–water partition coefficient (Wildman–Crippen LogP) is 2.62. The van der Waals surface area contributed by atoms with Crippen molar-refractivity contribution in [1.82, 2.24) is 5.32 Å². The first kappa shape index (κ1) is 10.6. The Morgan fingerprint density at radius 3 is 2.62 bits per heavy atom. The third-order valence-corrected chi connectivity index (χ3v) is 2.91. The number of aryl methyl sites for hydroxylation is 1. The van der Waals surface area contributed by atoms with Crippen LogP contribution in [-0.4, -0.2) is 19.1 Å². The van der Waals surface area contributed by atoms with Crippen molar-refractivity contribution in [2.24, 2.45) is 0 Å². The van der Waals surface area contributed by atoms with Crippen LogP contribution in [0.3, 0.4) is 0 Å². The molecule has 2 heteroatoms. The second kappa shape index (κ2) is 5.30. The molecule has 1 aromatic rings. The number of nitrogens with one attached hydrogen (secondary N) is 1. The second-order valence-corrected chi connectivity index (χ2v) is 4.06. The van der Waals surface area contributed by atoms with Gasteiger partial charge in [-0.05, 0) is 31.4 Å². The summed E-state index contributed by atoms with van der Waals surface area (Å²) in [7, 11) is 2.02. The summed E-state index contributed by atoms with van der Waals surface area (Å²) in [6.45, 7) is 2.17. The molecule has 0 fully saturated rings. The van der Waals surface area contributed by atoms with Crippen molar-refractivity contribution in [3.63, 3.8) is 0 Å². The summed E-state index contributed by atoms with van der Waals surface area (Å²) in [6.07, 6.45) is 2.14. The minimum atomic E-state index is 0.483. The van der Waals surface area contributed by atoms with E-state index in [1.165, 1.54) is 11.1 Å². The van der Waals surface area contributed by atoms with Gasteiger partial charge in [-0.25, -0.2) is 0 Å². The molecule has 72 valence electrons. The molecule has 1 aromatic carbocycles. The molecule has 0 spiro atoms. The SMILES string of the molecule is CNC(CSC)c1ccccc1C. The van der Waals surface area contributed by atoms with E-state index in [4.69, 9.17) is 0 Å². The van der Waals surface area contributed by atoms with Gasteiger partial charge < -0.3 is 5.32 Å². The number of hydrogen-bond acceptors (Lipinski definition) is 2. The molecule has 0 aliphatic carbocycles. The largest absolute Gasteiger partial charge is 0.312 e. The fourth-order valence-electron chi connectivity index (χ4n) is 1.47. The molecule has 0 heterocycles. The highest BCUT2D eigenvalue weighted by Gasteiger charge is 2.09. The molecule has 1 rings (SSSR count). The maximum Gasteiger partial charge on any atom is 0.0411 e. The highest BCUT2D eigenvalue weighted by atomic mass is 32.2. The minimum absolute atomic E-state index is 0.483. The smallest absolute Gasteiger partial charge is 0.0411 e.